The molecule has 17 heavy (non-hydrogen) atoms. The Labute approximate surface area is 104 Å². The third-order valence-corrected chi connectivity index (χ3v) is 4.40. The van der Waals surface area contributed by atoms with Gasteiger partial charge in [-0.15, -0.1) is 11.8 Å². The molecule has 0 saturated carbocycles. The van der Waals surface area contributed by atoms with Gasteiger partial charge in [0.2, 0.25) is 5.91 Å². The third-order valence-electron chi connectivity index (χ3n) is 3.18. The molecule has 3 heterocycles. The lowest BCUT2D eigenvalue weighted by Crippen LogP contribution is -2.35. The smallest absolute Gasteiger partial charge is 0.234 e. The summed E-state index contributed by atoms with van der Waals surface area (Å²) in [5.74, 6) is 1.59. The highest BCUT2D eigenvalue weighted by Crippen LogP contribution is 2.39. The van der Waals surface area contributed by atoms with E-state index in [-0.39, 0.29) is 17.4 Å². The van der Waals surface area contributed by atoms with Crippen LogP contribution in [-0.2, 0) is 9.53 Å². The summed E-state index contributed by atoms with van der Waals surface area (Å²) in [4.78, 5) is 13.8. The van der Waals surface area contributed by atoms with Crippen LogP contribution in [0.3, 0.4) is 0 Å². The molecule has 0 aromatic carbocycles. The normalized spacial score (nSPS) is 29.2. The van der Waals surface area contributed by atoms with Crippen molar-refractivity contribution in [2.75, 3.05) is 18.9 Å². The zero-order chi connectivity index (χ0) is 11.7. The monoisotopic (exact) mass is 253 g/mol. The Morgan fingerprint density at radius 3 is 3.18 bits per heavy atom. The molecule has 0 spiro atoms. The number of ether oxygens (including phenoxy) is 1. The van der Waals surface area contributed by atoms with E-state index in [1.807, 2.05) is 17.0 Å². The molecule has 2 fully saturated rings. The highest BCUT2D eigenvalue weighted by molar-refractivity contribution is 8.00. The Morgan fingerprint density at radius 2 is 2.47 bits per heavy atom. The van der Waals surface area contributed by atoms with Gasteiger partial charge in [0.25, 0.3) is 0 Å². The van der Waals surface area contributed by atoms with Crippen LogP contribution in [0, 0.1) is 0 Å². The van der Waals surface area contributed by atoms with Crippen LogP contribution in [0.15, 0.2) is 22.8 Å². The Morgan fingerprint density at radius 1 is 1.53 bits per heavy atom. The summed E-state index contributed by atoms with van der Waals surface area (Å²) < 4.78 is 11.0. The van der Waals surface area contributed by atoms with Gasteiger partial charge in [0.05, 0.1) is 18.1 Å². The number of rotatable bonds is 3. The maximum Gasteiger partial charge on any atom is 0.234 e. The van der Waals surface area contributed by atoms with E-state index in [0.717, 1.165) is 25.2 Å². The molecule has 2 atom stereocenters. The average Bonchev–Trinajstić information content (AvgIpc) is 3.03. The van der Waals surface area contributed by atoms with Crippen LogP contribution in [0.1, 0.15) is 24.0 Å². The van der Waals surface area contributed by atoms with Crippen LogP contribution in [0.5, 0.6) is 0 Å². The van der Waals surface area contributed by atoms with Crippen LogP contribution in [0.4, 0.5) is 0 Å². The molecule has 4 nitrogen and oxygen atoms in total. The van der Waals surface area contributed by atoms with Crippen molar-refractivity contribution >= 4 is 17.7 Å². The maximum atomic E-state index is 11.9. The number of thioether (sulfide) groups is 1. The first-order valence-corrected chi connectivity index (χ1v) is 6.95. The molecule has 2 aliphatic heterocycles. The molecule has 1 aromatic rings. The topological polar surface area (TPSA) is 42.7 Å². The van der Waals surface area contributed by atoms with Crippen LogP contribution in [-0.4, -0.2) is 35.8 Å². The van der Waals surface area contributed by atoms with Gasteiger partial charge in [-0.05, 0) is 25.0 Å². The minimum Gasteiger partial charge on any atom is -0.466 e. The zero-order valence-electron chi connectivity index (χ0n) is 9.50. The van der Waals surface area contributed by atoms with E-state index >= 15 is 0 Å². The Hall–Kier alpha value is -0.940. The van der Waals surface area contributed by atoms with Gasteiger partial charge in [-0.25, -0.2) is 0 Å². The predicted octanol–water partition coefficient (Wildman–Crippen LogP) is 2.03. The molecule has 92 valence electrons. The van der Waals surface area contributed by atoms with Gasteiger partial charge in [0.1, 0.15) is 11.1 Å². The molecule has 0 radical (unpaired) electrons. The molecule has 3 rings (SSSR count). The SMILES string of the molecule is O=C1CS[C@@H](c2ccco2)N1C[C@H]1CCCO1. The van der Waals surface area contributed by atoms with Gasteiger partial charge in [0.15, 0.2) is 0 Å². The quantitative estimate of drug-likeness (QED) is 0.826. The number of nitrogens with zero attached hydrogens (tertiary/aromatic N) is 1. The molecule has 5 heteroatoms. The molecule has 1 aromatic heterocycles. The number of hydrogen-bond acceptors (Lipinski definition) is 4. The van der Waals surface area contributed by atoms with Crippen molar-refractivity contribution in [1.29, 1.82) is 0 Å². The summed E-state index contributed by atoms with van der Waals surface area (Å²) in [6.45, 7) is 1.52. The summed E-state index contributed by atoms with van der Waals surface area (Å²) in [6, 6.07) is 3.79. The third kappa shape index (κ3) is 2.21. The molecule has 0 bridgehead atoms. The molecule has 0 N–H and O–H groups in total. The van der Waals surface area contributed by atoms with E-state index < -0.39 is 0 Å². The molecule has 2 aliphatic rings. The standard InChI is InChI=1S/C12H15NO3S/c14-11-8-17-12(10-4-2-6-16-10)13(11)7-9-3-1-5-15-9/h2,4,6,9,12H,1,3,5,7-8H2/t9-,12+/m1/s1. The molecule has 0 unspecified atom stereocenters. The van der Waals surface area contributed by atoms with Crippen LogP contribution >= 0.6 is 11.8 Å². The maximum absolute atomic E-state index is 11.9. The second kappa shape index (κ2) is 4.74. The zero-order valence-corrected chi connectivity index (χ0v) is 10.3. The second-order valence-electron chi connectivity index (χ2n) is 4.36. The summed E-state index contributed by atoms with van der Waals surface area (Å²) in [6.07, 6.45) is 4.02. The fraction of sp³-hybridized carbons (Fsp3) is 0.583. The highest BCUT2D eigenvalue weighted by atomic mass is 32.2. The van der Waals surface area contributed by atoms with Crippen LogP contribution in [0.25, 0.3) is 0 Å². The highest BCUT2D eigenvalue weighted by Gasteiger charge is 2.36. The molecular weight excluding hydrogens is 238 g/mol. The lowest BCUT2D eigenvalue weighted by atomic mass is 10.2. The number of amides is 1. The van der Waals surface area contributed by atoms with Crippen molar-refractivity contribution in [3.05, 3.63) is 24.2 Å². The van der Waals surface area contributed by atoms with Gasteiger partial charge in [-0.2, -0.15) is 0 Å². The molecule has 1 amide bonds. The van der Waals surface area contributed by atoms with Gasteiger partial charge < -0.3 is 14.1 Å². The summed E-state index contributed by atoms with van der Waals surface area (Å²) >= 11 is 1.63. The average molecular weight is 253 g/mol. The van der Waals surface area contributed by atoms with Crippen molar-refractivity contribution in [3.8, 4) is 0 Å². The number of carbonyl (C=O) groups is 1. The fourth-order valence-corrected chi connectivity index (χ4v) is 3.47. The van der Waals surface area contributed by atoms with E-state index in [4.69, 9.17) is 9.15 Å². The first-order valence-electron chi connectivity index (χ1n) is 5.90. The van der Waals surface area contributed by atoms with Crippen molar-refractivity contribution in [2.45, 2.75) is 24.3 Å². The molecular formula is C12H15NO3S. The van der Waals surface area contributed by atoms with Gasteiger partial charge in [-0.1, -0.05) is 0 Å². The second-order valence-corrected chi connectivity index (χ2v) is 5.43. The first kappa shape index (κ1) is 11.2. The van der Waals surface area contributed by atoms with E-state index in [1.54, 1.807) is 18.0 Å². The fourth-order valence-electron chi connectivity index (χ4n) is 2.33. The van der Waals surface area contributed by atoms with Crippen molar-refractivity contribution in [3.63, 3.8) is 0 Å². The lowest BCUT2D eigenvalue weighted by Gasteiger charge is -2.24. The molecule has 2 saturated heterocycles. The summed E-state index contributed by atoms with van der Waals surface area (Å²) in [7, 11) is 0. The summed E-state index contributed by atoms with van der Waals surface area (Å²) in [5.41, 5.74) is 0. The van der Waals surface area contributed by atoms with Crippen LogP contribution in [0.2, 0.25) is 0 Å². The Bertz CT molecular complexity index is 386. The lowest BCUT2D eigenvalue weighted by molar-refractivity contribution is -0.129. The van der Waals surface area contributed by atoms with Crippen molar-refractivity contribution in [2.24, 2.45) is 0 Å². The van der Waals surface area contributed by atoms with Gasteiger partial charge in [0, 0.05) is 13.2 Å². The largest absolute Gasteiger partial charge is 0.466 e. The minimum atomic E-state index is 0.0294. The van der Waals surface area contributed by atoms with Crippen LogP contribution < -0.4 is 0 Å². The number of furan rings is 1. The van der Waals surface area contributed by atoms with Crippen molar-refractivity contribution in [1.82, 2.24) is 4.90 Å². The summed E-state index contributed by atoms with van der Waals surface area (Å²) in [5, 5.41) is 0.0294. The van der Waals surface area contributed by atoms with Gasteiger partial charge in [-0.3, -0.25) is 4.79 Å². The van der Waals surface area contributed by atoms with E-state index in [1.165, 1.54) is 0 Å². The van der Waals surface area contributed by atoms with E-state index in [2.05, 4.69) is 0 Å². The Balaban J connectivity index is 1.72. The first-order chi connectivity index (χ1) is 8.34. The Kier molecular flexibility index (Phi) is 3.11. The molecule has 0 aliphatic carbocycles. The number of hydrogen-bond donors (Lipinski definition) is 0. The minimum absolute atomic E-state index is 0.0294. The predicted molar refractivity (Wildman–Crippen MR) is 64.6 cm³/mol. The van der Waals surface area contributed by atoms with E-state index in [9.17, 15) is 4.79 Å². The van der Waals surface area contributed by atoms with Crippen molar-refractivity contribution < 1.29 is 13.9 Å². The van der Waals surface area contributed by atoms with Gasteiger partial charge >= 0.3 is 0 Å². The number of carbonyl (C=O) groups excluding carboxylic acids is 1. The van der Waals surface area contributed by atoms with E-state index in [0.29, 0.717) is 12.3 Å².